The maximum atomic E-state index is 12.0. The van der Waals surface area contributed by atoms with Gasteiger partial charge >= 0.3 is 6.09 Å². The van der Waals surface area contributed by atoms with Crippen molar-refractivity contribution in [1.82, 2.24) is 4.90 Å². The summed E-state index contributed by atoms with van der Waals surface area (Å²) in [4.78, 5) is 13.9. The molecule has 17 heavy (non-hydrogen) atoms. The Labute approximate surface area is 106 Å². The average Bonchev–Trinajstić information content (AvgIpc) is 2.60. The van der Waals surface area contributed by atoms with Crippen molar-refractivity contribution in [3.05, 3.63) is 0 Å². The molecule has 100 valence electrons. The lowest BCUT2D eigenvalue weighted by molar-refractivity contribution is 0.0258. The Hall–Kier alpha value is -0.730. The Morgan fingerprint density at radius 2 is 2.00 bits per heavy atom. The molecule has 0 aromatic carbocycles. The van der Waals surface area contributed by atoms with E-state index in [0.717, 1.165) is 25.9 Å². The summed E-state index contributed by atoms with van der Waals surface area (Å²) < 4.78 is 5.43. The number of nitrogens with zero attached hydrogens (tertiary/aromatic N) is 1. The van der Waals surface area contributed by atoms with E-state index in [1.165, 1.54) is 0 Å². The molecular formula is C14H27NO2. The first-order valence-corrected chi connectivity index (χ1v) is 6.68. The van der Waals surface area contributed by atoms with Crippen molar-refractivity contribution >= 4 is 6.09 Å². The van der Waals surface area contributed by atoms with Gasteiger partial charge in [0.1, 0.15) is 5.60 Å². The zero-order valence-electron chi connectivity index (χ0n) is 12.2. The zero-order chi connectivity index (χ0) is 13.3. The molecule has 0 unspecified atom stereocenters. The van der Waals surface area contributed by atoms with Crippen LogP contribution in [0.1, 0.15) is 54.4 Å². The third kappa shape index (κ3) is 3.36. The number of hydrogen-bond donors (Lipinski definition) is 0. The largest absolute Gasteiger partial charge is 0.444 e. The Bertz CT molecular complexity index is 280. The monoisotopic (exact) mass is 241 g/mol. The summed E-state index contributed by atoms with van der Waals surface area (Å²) in [7, 11) is 0. The average molecular weight is 241 g/mol. The van der Waals surface area contributed by atoms with Crippen molar-refractivity contribution in [2.24, 2.45) is 11.3 Å². The first-order chi connectivity index (χ1) is 7.70. The highest BCUT2D eigenvalue weighted by Crippen LogP contribution is 2.41. The molecule has 1 aliphatic heterocycles. The fourth-order valence-corrected chi connectivity index (χ4v) is 2.55. The van der Waals surface area contributed by atoms with Gasteiger partial charge in [-0.3, -0.25) is 0 Å². The molecule has 1 atom stereocenters. The lowest BCUT2D eigenvalue weighted by Gasteiger charge is -2.32. The van der Waals surface area contributed by atoms with Crippen LogP contribution < -0.4 is 0 Å². The van der Waals surface area contributed by atoms with E-state index in [2.05, 4.69) is 20.8 Å². The van der Waals surface area contributed by atoms with E-state index >= 15 is 0 Å². The fraction of sp³-hybridized carbons (Fsp3) is 0.929. The molecule has 3 nitrogen and oxygen atoms in total. The van der Waals surface area contributed by atoms with Gasteiger partial charge in [-0.2, -0.15) is 0 Å². The summed E-state index contributed by atoms with van der Waals surface area (Å²) in [5.41, 5.74) is -0.108. The van der Waals surface area contributed by atoms with Gasteiger partial charge in [0.2, 0.25) is 0 Å². The van der Waals surface area contributed by atoms with Crippen molar-refractivity contribution in [1.29, 1.82) is 0 Å². The van der Waals surface area contributed by atoms with Crippen molar-refractivity contribution in [3.8, 4) is 0 Å². The van der Waals surface area contributed by atoms with Gasteiger partial charge in [0.05, 0.1) is 0 Å². The second-order valence-electron chi connectivity index (χ2n) is 6.52. The summed E-state index contributed by atoms with van der Waals surface area (Å²) in [5, 5.41) is 0. The predicted octanol–water partition coefficient (Wildman–Crippen LogP) is 3.68. The van der Waals surface area contributed by atoms with Crippen LogP contribution in [0.3, 0.4) is 0 Å². The topological polar surface area (TPSA) is 29.5 Å². The Kier molecular flexibility index (Phi) is 4.11. The maximum absolute atomic E-state index is 12.0. The van der Waals surface area contributed by atoms with Gasteiger partial charge in [-0.15, -0.1) is 0 Å². The van der Waals surface area contributed by atoms with Crippen LogP contribution in [0.4, 0.5) is 4.79 Å². The molecule has 0 aliphatic carbocycles. The summed E-state index contributed by atoms with van der Waals surface area (Å²) in [6, 6.07) is 0. The van der Waals surface area contributed by atoms with E-state index in [-0.39, 0.29) is 11.5 Å². The standard InChI is InChI=1S/C14H27NO2/c1-7-14(11(2)3)8-9-15(10-14)12(16)17-13(4,5)6/h11H,7-10H2,1-6H3/t14-/m0/s1. The molecule has 0 aromatic heterocycles. The number of rotatable bonds is 2. The minimum Gasteiger partial charge on any atom is -0.444 e. The van der Waals surface area contributed by atoms with Gasteiger partial charge in [0.15, 0.2) is 0 Å². The number of hydrogen-bond acceptors (Lipinski definition) is 2. The first kappa shape index (κ1) is 14.3. The molecule has 3 heteroatoms. The number of ether oxygens (including phenoxy) is 1. The van der Waals surface area contributed by atoms with Crippen LogP contribution in [0.25, 0.3) is 0 Å². The van der Waals surface area contributed by atoms with Crippen molar-refractivity contribution in [2.75, 3.05) is 13.1 Å². The third-order valence-corrected chi connectivity index (χ3v) is 3.97. The highest BCUT2D eigenvalue weighted by molar-refractivity contribution is 5.68. The second kappa shape index (κ2) is 4.87. The lowest BCUT2D eigenvalue weighted by Crippen LogP contribution is -2.38. The highest BCUT2D eigenvalue weighted by Gasteiger charge is 2.41. The molecule has 1 amide bonds. The Morgan fingerprint density at radius 1 is 1.41 bits per heavy atom. The van der Waals surface area contributed by atoms with E-state index < -0.39 is 5.60 Å². The van der Waals surface area contributed by atoms with Gasteiger partial charge < -0.3 is 9.64 Å². The molecule has 0 spiro atoms. The highest BCUT2D eigenvalue weighted by atomic mass is 16.6. The number of carbonyl (C=O) groups excluding carboxylic acids is 1. The van der Waals surface area contributed by atoms with Crippen LogP contribution >= 0.6 is 0 Å². The minimum absolute atomic E-state index is 0.159. The van der Waals surface area contributed by atoms with Gasteiger partial charge in [-0.05, 0) is 44.9 Å². The van der Waals surface area contributed by atoms with Crippen molar-refractivity contribution in [2.45, 2.75) is 60.0 Å². The van der Waals surface area contributed by atoms with Crippen LogP contribution in [-0.2, 0) is 4.74 Å². The number of likely N-dealkylation sites (tertiary alicyclic amines) is 1. The van der Waals surface area contributed by atoms with E-state index in [9.17, 15) is 4.79 Å². The molecule has 1 aliphatic rings. The van der Waals surface area contributed by atoms with Crippen LogP contribution in [0.2, 0.25) is 0 Å². The predicted molar refractivity (Wildman–Crippen MR) is 70.0 cm³/mol. The van der Waals surface area contributed by atoms with E-state index in [4.69, 9.17) is 4.74 Å². The molecular weight excluding hydrogens is 214 g/mol. The van der Waals surface area contributed by atoms with Crippen LogP contribution in [0.5, 0.6) is 0 Å². The zero-order valence-corrected chi connectivity index (χ0v) is 12.2. The molecule has 1 heterocycles. The molecule has 1 saturated heterocycles. The van der Waals surface area contributed by atoms with Gasteiger partial charge in [0, 0.05) is 13.1 Å². The normalized spacial score (nSPS) is 25.5. The van der Waals surface area contributed by atoms with E-state index in [0.29, 0.717) is 5.92 Å². The molecule has 0 bridgehead atoms. The summed E-state index contributed by atoms with van der Waals surface area (Å²) in [6.45, 7) is 14.1. The summed E-state index contributed by atoms with van der Waals surface area (Å²) >= 11 is 0. The van der Waals surface area contributed by atoms with Crippen LogP contribution in [0.15, 0.2) is 0 Å². The van der Waals surface area contributed by atoms with Gasteiger partial charge in [-0.25, -0.2) is 4.79 Å². The summed E-state index contributed by atoms with van der Waals surface area (Å²) in [5.74, 6) is 0.611. The van der Waals surface area contributed by atoms with E-state index in [1.807, 2.05) is 25.7 Å². The van der Waals surface area contributed by atoms with Gasteiger partial charge in [-0.1, -0.05) is 20.8 Å². The van der Waals surface area contributed by atoms with Crippen molar-refractivity contribution in [3.63, 3.8) is 0 Å². The van der Waals surface area contributed by atoms with E-state index in [1.54, 1.807) is 0 Å². The lowest BCUT2D eigenvalue weighted by atomic mass is 9.74. The number of amides is 1. The smallest absolute Gasteiger partial charge is 0.410 e. The third-order valence-electron chi connectivity index (χ3n) is 3.97. The molecule has 0 aromatic rings. The molecule has 0 radical (unpaired) electrons. The van der Waals surface area contributed by atoms with Crippen LogP contribution in [0, 0.1) is 11.3 Å². The fourth-order valence-electron chi connectivity index (χ4n) is 2.55. The second-order valence-corrected chi connectivity index (χ2v) is 6.52. The maximum Gasteiger partial charge on any atom is 0.410 e. The molecule has 0 N–H and O–H groups in total. The molecule has 0 saturated carbocycles. The molecule has 1 rings (SSSR count). The van der Waals surface area contributed by atoms with Crippen molar-refractivity contribution < 1.29 is 9.53 Å². The van der Waals surface area contributed by atoms with Gasteiger partial charge in [0.25, 0.3) is 0 Å². The minimum atomic E-state index is -0.396. The first-order valence-electron chi connectivity index (χ1n) is 6.68. The SMILES string of the molecule is CC[C@]1(C(C)C)CCN(C(=O)OC(C)(C)C)C1. The quantitative estimate of drug-likeness (QED) is 0.738. The molecule has 1 fully saturated rings. The van der Waals surface area contributed by atoms with Crippen LogP contribution in [-0.4, -0.2) is 29.7 Å². The summed E-state index contributed by atoms with van der Waals surface area (Å²) in [6.07, 6.45) is 2.07. The Morgan fingerprint density at radius 3 is 2.35 bits per heavy atom. The number of carbonyl (C=O) groups is 1. The Balaban J connectivity index is 2.64.